The van der Waals surface area contributed by atoms with E-state index in [1.807, 2.05) is 19.1 Å². The van der Waals surface area contributed by atoms with E-state index in [2.05, 4.69) is 31.3 Å². The molecule has 1 atom stereocenters. The van der Waals surface area contributed by atoms with Crippen molar-refractivity contribution in [1.29, 1.82) is 0 Å². The van der Waals surface area contributed by atoms with Crippen molar-refractivity contribution in [2.45, 2.75) is 33.3 Å². The van der Waals surface area contributed by atoms with Crippen molar-refractivity contribution in [1.82, 2.24) is 5.32 Å². The number of hydrogen-bond acceptors (Lipinski definition) is 3. The molecule has 0 aliphatic heterocycles. The Bertz CT molecular complexity index is 311. The number of hydrogen-bond donors (Lipinski definition) is 1. The normalized spacial score (nSPS) is 12.4. The second-order valence-corrected chi connectivity index (χ2v) is 4.50. The molecule has 0 aromatic heterocycles. The summed E-state index contributed by atoms with van der Waals surface area (Å²) >= 11 is 0. The van der Waals surface area contributed by atoms with Crippen LogP contribution in [0.15, 0.2) is 24.3 Å². The zero-order valence-corrected chi connectivity index (χ0v) is 11.7. The minimum absolute atomic E-state index is 0.180. The van der Waals surface area contributed by atoms with Crippen molar-refractivity contribution in [3.63, 3.8) is 0 Å². The average molecular weight is 251 g/mol. The predicted molar refractivity (Wildman–Crippen MR) is 75.2 cm³/mol. The summed E-state index contributed by atoms with van der Waals surface area (Å²) in [4.78, 5) is 0. The predicted octanol–water partition coefficient (Wildman–Crippen LogP) is 2.78. The van der Waals surface area contributed by atoms with Crippen LogP contribution in [0.1, 0.15) is 25.8 Å². The quantitative estimate of drug-likeness (QED) is 0.685. The van der Waals surface area contributed by atoms with Crippen LogP contribution < -0.4 is 10.1 Å². The largest absolute Gasteiger partial charge is 0.489 e. The molecule has 3 nitrogen and oxygen atoms in total. The average Bonchev–Trinajstić information content (AvgIpc) is 2.36. The molecule has 1 rings (SSSR count). The van der Waals surface area contributed by atoms with Gasteiger partial charge in [0.2, 0.25) is 0 Å². The summed E-state index contributed by atoms with van der Waals surface area (Å²) in [5, 5.41) is 3.37. The molecule has 0 radical (unpaired) electrons. The van der Waals surface area contributed by atoms with Gasteiger partial charge in [-0.3, -0.25) is 0 Å². The van der Waals surface area contributed by atoms with Gasteiger partial charge in [0.25, 0.3) is 0 Å². The minimum atomic E-state index is 0.180. The Balaban J connectivity index is 2.10. The van der Waals surface area contributed by atoms with Crippen molar-refractivity contribution in [3.8, 4) is 5.75 Å². The Morgan fingerprint density at radius 1 is 1.22 bits per heavy atom. The highest BCUT2D eigenvalue weighted by molar-refractivity contribution is 5.26. The molecule has 1 aromatic carbocycles. The number of rotatable bonds is 9. The van der Waals surface area contributed by atoms with Crippen molar-refractivity contribution in [2.75, 3.05) is 26.3 Å². The maximum atomic E-state index is 5.80. The van der Waals surface area contributed by atoms with Gasteiger partial charge in [-0.25, -0.2) is 0 Å². The van der Waals surface area contributed by atoms with E-state index in [-0.39, 0.29) is 6.10 Å². The number of benzene rings is 1. The summed E-state index contributed by atoms with van der Waals surface area (Å²) in [6, 6.07) is 8.16. The first kappa shape index (κ1) is 15.0. The Morgan fingerprint density at radius 3 is 2.61 bits per heavy atom. The molecule has 0 saturated heterocycles. The summed E-state index contributed by atoms with van der Waals surface area (Å²) in [6.45, 7) is 9.64. The molecule has 0 spiro atoms. The standard InChI is InChI=1S/C15H25NO2/c1-4-17-11-5-10-16-12-14(3)18-15-8-6-13(2)7-9-15/h6-9,14,16H,4-5,10-12H2,1-3H3. The van der Waals surface area contributed by atoms with Gasteiger partial charge in [0, 0.05) is 19.8 Å². The zero-order chi connectivity index (χ0) is 13.2. The summed E-state index contributed by atoms with van der Waals surface area (Å²) in [5.41, 5.74) is 1.25. The molecule has 1 unspecified atom stereocenters. The first-order valence-electron chi connectivity index (χ1n) is 6.74. The SMILES string of the molecule is CCOCCCNCC(C)Oc1ccc(C)cc1. The van der Waals surface area contributed by atoms with E-state index in [1.54, 1.807) is 0 Å². The second-order valence-electron chi connectivity index (χ2n) is 4.50. The van der Waals surface area contributed by atoms with Crippen LogP contribution in [0.5, 0.6) is 5.75 Å². The maximum Gasteiger partial charge on any atom is 0.119 e. The monoisotopic (exact) mass is 251 g/mol. The first-order chi connectivity index (χ1) is 8.72. The van der Waals surface area contributed by atoms with Gasteiger partial charge < -0.3 is 14.8 Å². The lowest BCUT2D eigenvalue weighted by Gasteiger charge is -2.15. The molecule has 0 bridgehead atoms. The summed E-state index contributed by atoms with van der Waals surface area (Å²) in [6.07, 6.45) is 1.23. The van der Waals surface area contributed by atoms with Gasteiger partial charge in [-0.1, -0.05) is 17.7 Å². The summed E-state index contributed by atoms with van der Waals surface area (Å²) < 4.78 is 11.1. The van der Waals surface area contributed by atoms with Crippen LogP contribution in [0.4, 0.5) is 0 Å². The zero-order valence-electron chi connectivity index (χ0n) is 11.7. The Labute approximate surface area is 110 Å². The molecule has 0 aliphatic carbocycles. The van der Waals surface area contributed by atoms with Gasteiger partial charge >= 0.3 is 0 Å². The van der Waals surface area contributed by atoms with E-state index in [1.165, 1.54) is 5.56 Å². The fourth-order valence-corrected chi connectivity index (χ4v) is 1.64. The van der Waals surface area contributed by atoms with E-state index in [0.29, 0.717) is 0 Å². The maximum absolute atomic E-state index is 5.80. The molecule has 102 valence electrons. The Hall–Kier alpha value is -1.06. The highest BCUT2D eigenvalue weighted by atomic mass is 16.5. The van der Waals surface area contributed by atoms with Crippen LogP contribution in [0.2, 0.25) is 0 Å². The molecule has 18 heavy (non-hydrogen) atoms. The Kier molecular flexibility index (Phi) is 7.46. The lowest BCUT2D eigenvalue weighted by molar-refractivity contribution is 0.143. The molecule has 1 N–H and O–H groups in total. The summed E-state index contributed by atoms with van der Waals surface area (Å²) in [5.74, 6) is 0.934. The van der Waals surface area contributed by atoms with Crippen molar-refractivity contribution >= 4 is 0 Å². The Morgan fingerprint density at radius 2 is 1.94 bits per heavy atom. The molecular formula is C15H25NO2. The van der Waals surface area contributed by atoms with Crippen molar-refractivity contribution in [2.24, 2.45) is 0 Å². The fraction of sp³-hybridized carbons (Fsp3) is 0.600. The molecule has 0 heterocycles. The highest BCUT2D eigenvalue weighted by Crippen LogP contribution is 2.12. The van der Waals surface area contributed by atoms with Gasteiger partial charge in [-0.05, 0) is 45.9 Å². The van der Waals surface area contributed by atoms with E-state index < -0.39 is 0 Å². The lowest BCUT2D eigenvalue weighted by Crippen LogP contribution is -2.30. The highest BCUT2D eigenvalue weighted by Gasteiger charge is 2.02. The smallest absolute Gasteiger partial charge is 0.119 e. The first-order valence-corrected chi connectivity index (χ1v) is 6.74. The van der Waals surface area contributed by atoms with Crippen LogP contribution in [0.25, 0.3) is 0 Å². The molecule has 0 aliphatic rings. The van der Waals surface area contributed by atoms with E-state index in [4.69, 9.17) is 9.47 Å². The van der Waals surface area contributed by atoms with Gasteiger partial charge in [-0.15, -0.1) is 0 Å². The third-order valence-corrected chi connectivity index (χ3v) is 2.64. The van der Waals surface area contributed by atoms with Gasteiger partial charge in [0.1, 0.15) is 11.9 Å². The van der Waals surface area contributed by atoms with Crippen molar-refractivity contribution in [3.05, 3.63) is 29.8 Å². The van der Waals surface area contributed by atoms with Crippen LogP contribution in [0, 0.1) is 6.92 Å². The number of nitrogens with one attached hydrogen (secondary N) is 1. The number of ether oxygens (including phenoxy) is 2. The van der Waals surface area contributed by atoms with Crippen LogP contribution in [-0.2, 0) is 4.74 Å². The van der Waals surface area contributed by atoms with Gasteiger partial charge in [0.15, 0.2) is 0 Å². The molecule has 0 saturated carbocycles. The molecule has 3 heteroatoms. The van der Waals surface area contributed by atoms with E-state index in [0.717, 1.165) is 38.5 Å². The minimum Gasteiger partial charge on any atom is -0.489 e. The van der Waals surface area contributed by atoms with Crippen LogP contribution >= 0.6 is 0 Å². The van der Waals surface area contributed by atoms with E-state index >= 15 is 0 Å². The lowest BCUT2D eigenvalue weighted by atomic mass is 10.2. The third kappa shape index (κ3) is 6.62. The van der Waals surface area contributed by atoms with E-state index in [9.17, 15) is 0 Å². The molecule has 1 aromatic rings. The van der Waals surface area contributed by atoms with Gasteiger partial charge in [-0.2, -0.15) is 0 Å². The van der Waals surface area contributed by atoms with Crippen LogP contribution in [0.3, 0.4) is 0 Å². The fourth-order valence-electron chi connectivity index (χ4n) is 1.64. The summed E-state index contributed by atoms with van der Waals surface area (Å²) in [7, 11) is 0. The molecular weight excluding hydrogens is 226 g/mol. The third-order valence-electron chi connectivity index (χ3n) is 2.64. The second kappa shape index (κ2) is 8.95. The van der Waals surface area contributed by atoms with Gasteiger partial charge in [0.05, 0.1) is 0 Å². The number of aryl methyl sites for hydroxylation is 1. The topological polar surface area (TPSA) is 30.5 Å². The molecule has 0 fully saturated rings. The van der Waals surface area contributed by atoms with Crippen molar-refractivity contribution < 1.29 is 9.47 Å². The molecule has 0 amide bonds. The van der Waals surface area contributed by atoms with Crippen LogP contribution in [-0.4, -0.2) is 32.4 Å².